The Morgan fingerprint density at radius 3 is 2.94 bits per heavy atom. The maximum absolute atomic E-state index is 4.73. The second kappa shape index (κ2) is 4.58. The topological polar surface area (TPSA) is 28.2 Å². The first kappa shape index (κ1) is 11.5. The molecule has 1 atom stereocenters. The van der Waals surface area contributed by atoms with Crippen LogP contribution >= 0.6 is 0 Å². The van der Waals surface area contributed by atoms with E-state index in [1.165, 1.54) is 23.9 Å². The summed E-state index contributed by atoms with van der Waals surface area (Å²) in [5.74, 6) is 1.04. The zero-order chi connectivity index (χ0) is 12.5. The maximum Gasteiger partial charge on any atom is 0.129 e. The van der Waals surface area contributed by atoms with Gasteiger partial charge < -0.3 is 10.2 Å². The van der Waals surface area contributed by atoms with E-state index in [1.54, 1.807) is 0 Å². The van der Waals surface area contributed by atoms with Crippen LogP contribution in [0.2, 0.25) is 0 Å². The number of pyridine rings is 1. The summed E-state index contributed by atoms with van der Waals surface area (Å²) in [6, 6.07) is 11.0. The summed E-state index contributed by atoms with van der Waals surface area (Å²) < 4.78 is 0. The van der Waals surface area contributed by atoms with Gasteiger partial charge in [0.15, 0.2) is 0 Å². The monoisotopic (exact) mass is 241 g/mol. The van der Waals surface area contributed by atoms with Crippen molar-refractivity contribution in [1.82, 2.24) is 9.88 Å². The lowest BCUT2D eigenvalue weighted by Gasteiger charge is -2.16. The second-order valence-corrected chi connectivity index (χ2v) is 5.24. The zero-order valence-corrected chi connectivity index (χ0v) is 11.0. The van der Waals surface area contributed by atoms with Crippen molar-refractivity contribution < 1.29 is 0 Å². The quantitative estimate of drug-likeness (QED) is 0.876. The van der Waals surface area contributed by atoms with Crippen LogP contribution in [0.15, 0.2) is 30.3 Å². The van der Waals surface area contributed by atoms with E-state index in [9.17, 15) is 0 Å². The first-order chi connectivity index (χ1) is 8.72. The van der Waals surface area contributed by atoms with Crippen LogP contribution in [-0.4, -0.2) is 36.1 Å². The van der Waals surface area contributed by atoms with Gasteiger partial charge in [0.1, 0.15) is 5.82 Å². The molecular formula is C15H19N3. The van der Waals surface area contributed by atoms with Gasteiger partial charge in [-0.3, -0.25) is 0 Å². The Hall–Kier alpha value is -1.61. The van der Waals surface area contributed by atoms with Crippen molar-refractivity contribution in [3.05, 3.63) is 35.9 Å². The lowest BCUT2D eigenvalue weighted by molar-refractivity contribution is 0.414. The standard InChI is InChI=1S/C15H19N3/c1-11-9-12-5-3-4-6-14(12)17-15(11)16-13-7-8-18(2)10-13/h3-6,9,13H,7-8,10H2,1-2H3,(H,16,17). The van der Waals surface area contributed by atoms with Crippen molar-refractivity contribution in [2.45, 2.75) is 19.4 Å². The number of benzene rings is 1. The Bertz CT molecular complexity index is 565. The smallest absolute Gasteiger partial charge is 0.129 e. The number of aryl methyl sites for hydroxylation is 1. The molecule has 3 rings (SSSR count). The number of hydrogen-bond donors (Lipinski definition) is 1. The summed E-state index contributed by atoms with van der Waals surface area (Å²) in [7, 11) is 2.17. The summed E-state index contributed by atoms with van der Waals surface area (Å²) in [6.45, 7) is 4.40. The normalized spacial score (nSPS) is 20.4. The molecule has 3 heteroatoms. The molecule has 0 amide bonds. The summed E-state index contributed by atoms with van der Waals surface area (Å²) in [5, 5.41) is 4.79. The number of nitrogens with one attached hydrogen (secondary N) is 1. The molecule has 2 heterocycles. The highest BCUT2D eigenvalue weighted by molar-refractivity contribution is 5.81. The molecule has 0 saturated carbocycles. The summed E-state index contributed by atoms with van der Waals surface area (Å²) in [5.41, 5.74) is 2.29. The molecule has 94 valence electrons. The Balaban J connectivity index is 1.89. The van der Waals surface area contributed by atoms with Crippen molar-refractivity contribution >= 4 is 16.7 Å². The zero-order valence-electron chi connectivity index (χ0n) is 11.0. The number of para-hydroxylation sites is 1. The predicted molar refractivity (Wildman–Crippen MR) is 76.0 cm³/mol. The van der Waals surface area contributed by atoms with Crippen molar-refractivity contribution in [3.63, 3.8) is 0 Å². The van der Waals surface area contributed by atoms with E-state index in [-0.39, 0.29) is 0 Å². The molecule has 1 aromatic heterocycles. The van der Waals surface area contributed by atoms with Crippen LogP contribution < -0.4 is 5.32 Å². The highest BCUT2D eigenvalue weighted by atomic mass is 15.2. The third-order valence-electron chi connectivity index (χ3n) is 3.65. The molecule has 1 aliphatic heterocycles. The minimum Gasteiger partial charge on any atom is -0.366 e. The molecule has 1 aliphatic rings. The van der Waals surface area contributed by atoms with Crippen LogP contribution in [0.5, 0.6) is 0 Å². The van der Waals surface area contributed by atoms with Gasteiger partial charge in [-0.05, 0) is 44.6 Å². The molecule has 0 aliphatic carbocycles. The van der Waals surface area contributed by atoms with E-state index < -0.39 is 0 Å². The van der Waals surface area contributed by atoms with Crippen LogP contribution in [0.25, 0.3) is 10.9 Å². The van der Waals surface area contributed by atoms with Crippen molar-refractivity contribution in [2.75, 3.05) is 25.5 Å². The minimum absolute atomic E-state index is 0.530. The molecule has 3 nitrogen and oxygen atoms in total. The number of nitrogens with zero attached hydrogens (tertiary/aromatic N) is 2. The minimum atomic E-state index is 0.530. The summed E-state index contributed by atoms with van der Waals surface area (Å²) >= 11 is 0. The molecule has 18 heavy (non-hydrogen) atoms. The average Bonchev–Trinajstić information content (AvgIpc) is 2.76. The summed E-state index contributed by atoms with van der Waals surface area (Å²) in [6.07, 6.45) is 1.20. The molecule has 1 aromatic carbocycles. The molecule has 2 aromatic rings. The Labute approximate surface area is 108 Å². The van der Waals surface area contributed by atoms with Gasteiger partial charge in [-0.25, -0.2) is 4.98 Å². The Morgan fingerprint density at radius 1 is 1.33 bits per heavy atom. The third kappa shape index (κ3) is 2.18. The van der Waals surface area contributed by atoms with Gasteiger partial charge in [-0.2, -0.15) is 0 Å². The molecule has 1 N–H and O–H groups in total. The van der Waals surface area contributed by atoms with E-state index >= 15 is 0 Å². The van der Waals surface area contributed by atoms with Gasteiger partial charge in [-0.15, -0.1) is 0 Å². The first-order valence-corrected chi connectivity index (χ1v) is 6.54. The molecule has 0 spiro atoms. The van der Waals surface area contributed by atoms with Crippen molar-refractivity contribution in [1.29, 1.82) is 0 Å². The van der Waals surface area contributed by atoms with Gasteiger partial charge in [-0.1, -0.05) is 18.2 Å². The van der Waals surface area contributed by atoms with Gasteiger partial charge in [0.25, 0.3) is 0 Å². The number of rotatable bonds is 2. The van der Waals surface area contributed by atoms with E-state index in [2.05, 4.69) is 48.5 Å². The van der Waals surface area contributed by atoms with E-state index in [0.29, 0.717) is 6.04 Å². The lowest BCUT2D eigenvalue weighted by atomic mass is 10.1. The molecule has 1 saturated heterocycles. The predicted octanol–water partition coefficient (Wildman–Crippen LogP) is 2.66. The van der Waals surface area contributed by atoms with Crippen LogP contribution in [0, 0.1) is 6.92 Å². The molecule has 0 bridgehead atoms. The third-order valence-corrected chi connectivity index (χ3v) is 3.65. The van der Waals surface area contributed by atoms with Crippen LogP contribution in [0.4, 0.5) is 5.82 Å². The van der Waals surface area contributed by atoms with E-state index in [0.717, 1.165) is 17.9 Å². The fraction of sp³-hybridized carbons (Fsp3) is 0.400. The maximum atomic E-state index is 4.73. The molecule has 0 radical (unpaired) electrons. The van der Waals surface area contributed by atoms with Crippen LogP contribution in [0.3, 0.4) is 0 Å². The molecule has 1 unspecified atom stereocenters. The van der Waals surface area contributed by atoms with Crippen LogP contribution in [-0.2, 0) is 0 Å². The van der Waals surface area contributed by atoms with E-state index in [4.69, 9.17) is 4.98 Å². The average molecular weight is 241 g/mol. The number of likely N-dealkylation sites (N-methyl/N-ethyl adjacent to an activating group) is 1. The summed E-state index contributed by atoms with van der Waals surface area (Å²) in [4.78, 5) is 7.09. The number of hydrogen-bond acceptors (Lipinski definition) is 3. The van der Waals surface area contributed by atoms with Gasteiger partial charge in [0.05, 0.1) is 5.52 Å². The van der Waals surface area contributed by atoms with Crippen LogP contribution in [0.1, 0.15) is 12.0 Å². The molecule has 1 fully saturated rings. The van der Waals surface area contributed by atoms with Crippen molar-refractivity contribution in [3.8, 4) is 0 Å². The number of likely N-dealkylation sites (tertiary alicyclic amines) is 1. The van der Waals surface area contributed by atoms with Gasteiger partial charge >= 0.3 is 0 Å². The highest BCUT2D eigenvalue weighted by Gasteiger charge is 2.20. The largest absolute Gasteiger partial charge is 0.366 e. The number of aromatic nitrogens is 1. The fourth-order valence-electron chi connectivity index (χ4n) is 2.61. The highest BCUT2D eigenvalue weighted by Crippen LogP contribution is 2.21. The first-order valence-electron chi connectivity index (χ1n) is 6.54. The van der Waals surface area contributed by atoms with E-state index in [1.807, 2.05) is 6.07 Å². The van der Waals surface area contributed by atoms with Gasteiger partial charge in [0, 0.05) is 18.0 Å². The number of fused-ring (bicyclic) bond motifs is 1. The second-order valence-electron chi connectivity index (χ2n) is 5.24. The Morgan fingerprint density at radius 2 is 2.17 bits per heavy atom. The Kier molecular flexibility index (Phi) is 2.92. The number of anilines is 1. The fourth-order valence-corrected chi connectivity index (χ4v) is 2.61. The lowest BCUT2D eigenvalue weighted by Crippen LogP contribution is -2.24. The molecular weight excluding hydrogens is 222 g/mol. The van der Waals surface area contributed by atoms with Crippen molar-refractivity contribution in [2.24, 2.45) is 0 Å². The van der Waals surface area contributed by atoms with Gasteiger partial charge in [0.2, 0.25) is 0 Å². The SMILES string of the molecule is Cc1cc2ccccc2nc1NC1CCN(C)C1.